The number of carbonyl (C=O) groups is 1. The van der Waals surface area contributed by atoms with Crippen LogP contribution in [0, 0.1) is 0 Å². The van der Waals surface area contributed by atoms with E-state index in [1.807, 2.05) is 30.3 Å². The van der Waals surface area contributed by atoms with Crippen molar-refractivity contribution in [2.75, 3.05) is 7.05 Å². The zero-order chi connectivity index (χ0) is 9.52. The first-order valence-corrected chi connectivity index (χ1v) is 3.83. The van der Waals surface area contributed by atoms with Crippen molar-refractivity contribution in [3.8, 4) is 0 Å². The molecule has 1 rings (SSSR count). The van der Waals surface area contributed by atoms with Crippen LogP contribution < -0.4 is 0 Å². The molecule has 0 aliphatic heterocycles. The minimum absolute atomic E-state index is 0.235. The molecule has 0 aromatic heterocycles. The van der Waals surface area contributed by atoms with E-state index in [0.717, 1.165) is 5.56 Å². The van der Waals surface area contributed by atoms with Gasteiger partial charge in [-0.05, 0) is 5.56 Å². The minimum atomic E-state index is -0.661. The van der Waals surface area contributed by atoms with Crippen LogP contribution in [0.5, 0.6) is 0 Å². The lowest BCUT2D eigenvalue weighted by atomic mass is 10.2. The molecule has 0 fully saturated rings. The molecule has 0 saturated carbocycles. The SMILES string of the molecule is C/N=N/C(=O)OCc1ccccc1. The van der Waals surface area contributed by atoms with Crippen LogP contribution in [0.2, 0.25) is 0 Å². The van der Waals surface area contributed by atoms with Gasteiger partial charge in [0, 0.05) is 7.05 Å². The molecule has 0 bridgehead atoms. The highest BCUT2D eigenvalue weighted by atomic mass is 16.5. The quantitative estimate of drug-likeness (QED) is 0.653. The number of hydrogen-bond acceptors (Lipinski definition) is 3. The molecule has 0 N–H and O–H groups in total. The number of hydrogen-bond donors (Lipinski definition) is 0. The number of azo groups is 1. The van der Waals surface area contributed by atoms with Crippen LogP contribution in [0.1, 0.15) is 5.56 Å². The lowest BCUT2D eigenvalue weighted by molar-refractivity contribution is 0.149. The summed E-state index contributed by atoms with van der Waals surface area (Å²) in [5.41, 5.74) is 0.933. The van der Waals surface area contributed by atoms with Gasteiger partial charge in [0.05, 0.1) is 0 Å². The molecule has 0 unspecified atom stereocenters. The Morgan fingerprint density at radius 1 is 1.38 bits per heavy atom. The van der Waals surface area contributed by atoms with E-state index in [2.05, 4.69) is 10.2 Å². The molecule has 0 radical (unpaired) electrons. The van der Waals surface area contributed by atoms with Crippen molar-refractivity contribution in [3.63, 3.8) is 0 Å². The van der Waals surface area contributed by atoms with Gasteiger partial charge in [-0.25, -0.2) is 4.79 Å². The molecule has 4 nitrogen and oxygen atoms in total. The standard InChI is InChI=1S/C9H10N2O2/c1-10-11-9(12)13-7-8-5-3-2-4-6-8/h2-6H,7H2,1H3/b11-10+. The first kappa shape index (κ1) is 9.38. The molecule has 13 heavy (non-hydrogen) atoms. The van der Waals surface area contributed by atoms with Gasteiger partial charge in [-0.3, -0.25) is 0 Å². The third kappa shape index (κ3) is 3.46. The van der Waals surface area contributed by atoms with Crippen molar-refractivity contribution >= 4 is 6.09 Å². The van der Waals surface area contributed by atoms with E-state index in [4.69, 9.17) is 4.74 Å². The molecule has 1 amide bonds. The zero-order valence-corrected chi connectivity index (χ0v) is 7.30. The van der Waals surface area contributed by atoms with Gasteiger partial charge in [0.25, 0.3) is 0 Å². The molecule has 0 heterocycles. The van der Waals surface area contributed by atoms with Crippen molar-refractivity contribution in [3.05, 3.63) is 35.9 Å². The maximum atomic E-state index is 10.7. The highest BCUT2D eigenvalue weighted by Crippen LogP contribution is 2.01. The Balaban J connectivity index is 2.40. The van der Waals surface area contributed by atoms with Gasteiger partial charge in [0.15, 0.2) is 0 Å². The average molecular weight is 178 g/mol. The van der Waals surface area contributed by atoms with Crippen molar-refractivity contribution < 1.29 is 9.53 Å². The summed E-state index contributed by atoms with van der Waals surface area (Å²) in [6.45, 7) is 0.235. The number of amides is 1. The smallest absolute Gasteiger partial charge is 0.442 e. The Morgan fingerprint density at radius 3 is 2.69 bits per heavy atom. The Hall–Kier alpha value is -1.71. The topological polar surface area (TPSA) is 51.0 Å². The van der Waals surface area contributed by atoms with Gasteiger partial charge in [-0.15, -0.1) is 0 Å². The fourth-order valence-corrected chi connectivity index (χ4v) is 0.830. The van der Waals surface area contributed by atoms with Crippen LogP contribution >= 0.6 is 0 Å². The number of benzene rings is 1. The summed E-state index contributed by atoms with van der Waals surface area (Å²) in [4.78, 5) is 10.7. The molecular formula is C9H10N2O2. The summed E-state index contributed by atoms with van der Waals surface area (Å²) in [6.07, 6.45) is -0.661. The Morgan fingerprint density at radius 2 is 2.08 bits per heavy atom. The monoisotopic (exact) mass is 178 g/mol. The van der Waals surface area contributed by atoms with E-state index in [1.54, 1.807) is 0 Å². The number of ether oxygens (including phenoxy) is 1. The number of rotatable bonds is 2. The first-order valence-electron chi connectivity index (χ1n) is 3.83. The molecule has 0 saturated heterocycles. The predicted octanol–water partition coefficient (Wildman–Crippen LogP) is 2.41. The highest BCUT2D eigenvalue weighted by Gasteiger charge is 1.98. The van der Waals surface area contributed by atoms with Gasteiger partial charge in [-0.2, -0.15) is 5.11 Å². The van der Waals surface area contributed by atoms with Crippen molar-refractivity contribution in [2.24, 2.45) is 10.2 Å². The van der Waals surface area contributed by atoms with Crippen LogP contribution in [0.4, 0.5) is 4.79 Å². The molecule has 0 atom stereocenters. The van der Waals surface area contributed by atoms with E-state index in [9.17, 15) is 4.79 Å². The van der Waals surface area contributed by atoms with Gasteiger partial charge < -0.3 is 4.74 Å². The molecule has 0 aliphatic rings. The molecule has 4 heteroatoms. The van der Waals surface area contributed by atoms with E-state index >= 15 is 0 Å². The summed E-state index contributed by atoms with van der Waals surface area (Å²) in [5.74, 6) is 0. The normalized spacial score (nSPS) is 10.2. The molecule has 68 valence electrons. The third-order valence-electron chi connectivity index (χ3n) is 1.39. The number of nitrogens with zero attached hydrogens (tertiary/aromatic N) is 2. The summed E-state index contributed by atoms with van der Waals surface area (Å²) in [6, 6.07) is 9.40. The molecule has 1 aromatic rings. The molecular weight excluding hydrogens is 168 g/mol. The lowest BCUT2D eigenvalue weighted by Gasteiger charge is -1.99. The fourth-order valence-electron chi connectivity index (χ4n) is 0.830. The molecule has 0 aliphatic carbocycles. The fraction of sp³-hybridized carbons (Fsp3) is 0.222. The van der Waals surface area contributed by atoms with Crippen LogP contribution in [-0.2, 0) is 11.3 Å². The predicted molar refractivity (Wildman–Crippen MR) is 47.4 cm³/mol. The van der Waals surface area contributed by atoms with Crippen LogP contribution in [0.25, 0.3) is 0 Å². The first-order chi connectivity index (χ1) is 6.33. The Bertz CT molecular complexity index is 296. The third-order valence-corrected chi connectivity index (χ3v) is 1.39. The minimum Gasteiger partial charge on any atom is -0.442 e. The second-order valence-corrected chi connectivity index (χ2v) is 2.34. The second-order valence-electron chi connectivity index (χ2n) is 2.34. The van der Waals surface area contributed by atoms with Crippen molar-refractivity contribution in [2.45, 2.75) is 6.61 Å². The van der Waals surface area contributed by atoms with Gasteiger partial charge in [0.2, 0.25) is 0 Å². The van der Waals surface area contributed by atoms with E-state index < -0.39 is 6.09 Å². The lowest BCUT2D eigenvalue weighted by Crippen LogP contribution is -1.97. The summed E-state index contributed by atoms with van der Waals surface area (Å²) >= 11 is 0. The van der Waals surface area contributed by atoms with E-state index in [1.165, 1.54) is 7.05 Å². The Kier molecular flexibility index (Phi) is 3.63. The summed E-state index contributed by atoms with van der Waals surface area (Å²) in [5, 5.41) is 6.50. The Labute approximate surface area is 76.2 Å². The van der Waals surface area contributed by atoms with Crippen molar-refractivity contribution in [1.82, 2.24) is 0 Å². The van der Waals surface area contributed by atoms with Gasteiger partial charge >= 0.3 is 6.09 Å². The van der Waals surface area contributed by atoms with Crippen molar-refractivity contribution in [1.29, 1.82) is 0 Å². The summed E-state index contributed by atoms with van der Waals surface area (Å²) in [7, 11) is 1.42. The van der Waals surface area contributed by atoms with E-state index in [-0.39, 0.29) is 6.61 Å². The molecule has 0 spiro atoms. The average Bonchev–Trinajstić information content (AvgIpc) is 2.17. The van der Waals surface area contributed by atoms with Crippen LogP contribution in [0.15, 0.2) is 40.6 Å². The van der Waals surface area contributed by atoms with Crippen LogP contribution in [-0.4, -0.2) is 13.1 Å². The van der Waals surface area contributed by atoms with Crippen LogP contribution in [0.3, 0.4) is 0 Å². The molecule has 1 aromatic carbocycles. The maximum Gasteiger partial charge on any atom is 0.452 e. The highest BCUT2D eigenvalue weighted by molar-refractivity contribution is 5.67. The van der Waals surface area contributed by atoms with Gasteiger partial charge in [-0.1, -0.05) is 35.4 Å². The summed E-state index contributed by atoms with van der Waals surface area (Å²) < 4.78 is 4.77. The zero-order valence-electron chi connectivity index (χ0n) is 7.30. The maximum absolute atomic E-state index is 10.7. The van der Waals surface area contributed by atoms with Gasteiger partial charge in [0.1, 0.15) is 6.61 Å². The number of carbonyl (C=O) groups excluding carboxylic acids is 1. The largest absolute Gasteiger partial charge is 0.452 e. The second kappa shape index (κ2) is 5.03. The van der Waals surface area contributed by atoms with E-state index in [0.29, 0.717) is 0 Å².